The Hall–Kier alpha value is -1.07. The summed E-state index contributed by atoms with van der Waals surface area (Å²) in [6.07, 6.45) is 0.0105. The summed E-state index contributed by atoms with van der Waals surface area (Å²) in [7, 11) is 0. The summed E-state index contributed by atoms with van der Waals surface area (Å²) >= 11 is 0. The van der Waals surface area contributed by atoms with Gasteiger partial charge in [0, 0.05) is 26.1 Å². The van der Waals surface area contributed by atoms with E-state index < -0.39 is 18.0 Å². The van der Waals surface area contributed by atoms with E-state index in [0.717, 1.165) is 0 Å². The first-order valence-corrected chi connectivity index (χ1v) is 5.94. The minimum atomic E-state index is -1.17. The minimum Gasteiger partial charge on any atom is -0.346 e. The first-order valence-electron chi connectivity index (χ1n) is 5.94. The van der Waals surface area contributed by atoms with Gasteiger partial charge in [-0.3, -0.25) is 14.4 Å². The molecule has 17 heavy (non-hydrogen) atoms. The highest BCUT2D eigenvalue weighted by Crippen LogP contribution is 2.20. The average Bonchev–Trinajstić information content (AvgIpc) is 2.28. The smallest absolute Gasteiger partial charge is 0.219 e. The monoisotopic (exact) mass is 242 g/mol. The second kappa shape index (κ2) is 6.61. The molecular formula is C12H18O5. The van der Waals surface area contributed by atoms with E-state index in [-0.39, 0.29) is 24.4 Å². The first kappa shape index (κ1) is 14.0. The molecule has 0 bridgehead atoms. The van der Waals surface area contributed by atoms with Crippen LogP contribution in [-0.4, -0.2) is 36.9 Å². The molecular weight excluding hydrogens is 224 g/mol. The zero-order valence-corrected chi connectivity index (χ0v) is 10.2. The highest BCUT2D eigenvalue weighted by atomic mass is 16.7. The van der Waals surface area contributed by atoms with E-state index in [1.165, 1.54) is 0 Å². The molecule has 0 aromatic rings. The Labute approximate surface area is 100 Å². The van der Waals surface area contributed by atoms with Gasteiger partial charge in [-0.25, -0.2) is 0 Å². The Morgan fingerprint density at radius 3 is 2.06 bits per heavy atom. The molecule has 0 aromatic heterocycles. The topological polar surface area (TPSA) is 69.7 Å². The SMILES string of the molecule is CCOC(OCC)C(=O)C1C(=O)CCCC1=O. The molecule has 5 nitrogen and oxygen atoms in total. The van der Waals surface area contributed by atoms with Crippen LogP contribution in [0.15, 0.2) is 0 Å². The van der Waals surface area contributed by atoms with Crippen molar-refractivity contribution >= 4 is 17.3 Å². The van der Waals surface area contributed by atoms with Crippen molar-refractivity contribution in [3.8, 4) is 0 Å². The number of carbonyl (C=O) groups excluding carboxylic acids is 3. The fourth-order valence-electron chi connectivity index (χ4n) is 1.87. The van der Waals surface area contributed by atoms with E-state index in [1.807, 2.05) is 0 Å². The Morgan fingerprint density at radius 1 is 1.18 bits per heavy atom. The molecule has 0 radical (unpaired) electrons. The second-order valence-corrected chi connectivity index (χ2v) is 3.86. The molecule has 0 unspecified atom stereocenters. The van der Waals surface area contributed by atoms with Crippen molar-refractivity contribution in [3.05, 3.63) is 0 Å². The minimum absolute atomic E-state index is 0.285. The molecule has 0 N–H and O–H groups in total. The molecule has 1 saturated carbocycles. The molecule has 1 aliphatic carbocycles. The van der Waals surface area contributed by atoms with Gasteiger partial charge in [-0.2, -0.15) is 0 Å². The summed E-state index contributed by atoms with van der Waals surface area (Å²) in [5, 5.41) is 0. The molecule has 0 saturated heterocycles. The number of ether oxygens (including phenoxy) is 2. The average molecular weight is 242 g/mol. The second-order valence-electron chi connectivity index (χ2n) is 3.86. The highest BCUT2D eigenvalue weighted by molar-refractivity contribution is 6.21. The van der Waals surface area contributed by atoms with Crippen molar-refractivity contribution in [2.75, 3.05) is 13.2 Å². The van der Waals surface area contributed by atoms with Gasteiger partial charge in [0.1, 0.15) is 5.92 Å². The maximum absolute atomic E-state index is 12.0. The van der Waals surface area contributed by atoms with Gasteiger partial charge in [0.2, 0.25) is 12.1 Å². The van der Waals surface area contributed by atoms with Crippen molar-refractivity contribution in [1.82, 2.24) is 0 Å². The summed E-state index contributed by atoms with van der Waals surface area (Å²) in [5.74, 6) is -2.35. The van der Waals surface area contributed by atoms with E-state index in [9.17, 15) is 14.4 Å². The van der Waals surface area contributed by atoms with Crippen molar-refractivity contribution in [1.29, 1.82) is 0 Å². The van der Waals surface area contributed by atoms with Crippen LogP contribution in [0, 0.1) is 5.92 Å². The predicted octanol–water partition coefficient (Wildman–Crippen LogP) is 0.893. The molecule has 0 amide bonds. The van der Waals surface area contributed by atoms with Crippen LogP contribution in [0.2, 0.25) is 0 Å². The van der Waals surface area contributed by atoms with Gasteiger partial charge in [0.05, 0.1) is 0 Å². The van der Waals surface area contributed by atoms with Gasteiger partial charge < -0.3 is 9.47 Å². The largest absolute Gasteiger partial charge is 0.346 e. The quantitative estimate of drug-likeness (QED) is 0.511. The predicted molar refractivity (Wildman–Crippen MR) is 59.4 cm³/mol. The molecule has 1 rings (SSSR count). The Balaban J connectivity index is 2.76. The van der Waals surface area contributed by atoms with Crippen LogP contribution < -0.4 is 0 Å². The van der Waals surface area contributed by atoms with Crippen LogP contribution in [0.3, 0.4) is 0 Å². The molecule has 5 heteroatoms. The van der Waals surface area contributed by atoms with E-state index in [1.54, 1.807) is 13.8 Å². The van der Waals surface area contributed by atoms with Gasteiger partial charge in [-0.05, 0) is 20.3 Å². The number of hydrogen-bond donors (Lipinski definition) is 0. The molecule has 0 aromatic carbocycles. The summed E-state index contributed by atoms with van der Waals surface area (Å²) in [4.78, 5) is 35.2. The lowest BCUT2D eigenvalue weighted by atomic mass is 9.83. The third-order valence-electron chi connectivity index (χ3n) is 2.64. The number of rotatable bonds is 6. The van der Waals surface area contributed by atoms with Crippen LogP contribution in [0.25, 0.3) is 0 Å². The number of hydrogen-bond acceptors (Lipinski definition) is 5. The van der Waals surface area contributed by atoms with E-state index in [0.29, 0.717) is 19.6 Å². The molecule has 96 valence electrons. The van der Waals surface area contributed by atoms with E-state index in [2.05, 4.69) is 0 Å². The van der Waals surface area contributed by atoms with Crippen molar-refractivity contribution in [3.63, 3.8) is 0 Å². The molecule has 0 aliphatic heterocycles. The summed E-state index contributed by atoms with van der Waals surface area (Å²) in [5.41, 5.74) is 0. The molecule has 1 fully saturated rings. The Bertz CT molecular complexity index is 288. The maximum Gasteiger partial charge on any atom is 0.219 e. The lowest BCUT2D eigenvalue weighted by Crippen LogP contribution is -2.43. The fourth-order valence-corrected chi connectivity index (χ4v) is 1.87. The maximum atomic E-state index is 12.0. The summed E-state index contributed by atoms with van der Waals surface area (Å²) in [6.45, 7) is 4.05. The number of Topliss-reactive ketones (excluding diaryl/α,β-unsaturated/α-hetero) is 3. The third-order valence-corrected chi connectivity index (χ3v) is 2.64. The van der Waals surface area contributed by atoms with Crippen LogP contribution in [0.4, 0.5) is 0 Å². The van der Waals surface area contributed by atoms with Crippen LogP contribution >= 0.6 is 0 Å². The third kappa shape index (κ3) is 3.44. The van der Waals surface area contributed by atoms with Gasteiger partial charge >= 0.3 is 0 Å². The van der Waals surface area contributed by atoms with Gasteiger partial charge in [0.15, 0.2) is 11.6 Å². The van der Waals surface area contributed by atoms with Crippen molar-refractivity contribution in [2.24, 2.45) is 5.92 Å². The summed E-state index contributed by atoms with van der Waals surface area (Å²) in [6, 6.07) is 0. The highest BCUT2D eigenvalue weighted by Gasteiger charge is 2.40. The van der Waals surface area contributed by atoms with Crippen LogP contribution in [0.1, 0.15) is 33.1 Å². The lowest BCUT2D eigenvalue weighted by Gasteiger charge is -2.23. The Morgan fingerprint density at radius 2 is 1.65 bits per heavy atom. The van der Waals surface area contributed by atoms with Crippen molar-refractivity contribution in [2.45, 2.75) is 39.4 Å². The zero-order chi connectivity index (χ0) is 12.8. The molecule has 0 heterocycles. The number of carbonyl (C=O) groups is 3. The number of ketones is 3. The Kier molecular flexibility index (Phi) is 5.44. The zero-order valence-electron chi connectivity index (χ0n) is 10.2. The standard InChI is InChI=1S/C12H18O5/c1-3-16-12(17-4-2)11(15)10-8(13)6-5-7-9(10)14/h10,12H,3-7H2,1-2H3. The molecule has 1 aliphatic rings. The molecule has 0 spiro atoms. The van der Waals surface area contributed by atoms with Crippen LogP contribution in [0.5, 0.6) is 0 Å². The van der Waals surface area contributed by atoms with Gasteiger partial charge in [-0.15, -0.1) is 0 Å². The van der Waals surface area contributed by atoms with Crippen molar-refractivity contribution < 1.29 is 23.9 Å². The lowest BCUT2D eigenvalue weighted by molar-refractivity contribution is -0.174. The van der Waals surface area contributed by atoms with Gasteiger partial charge in [0.25, 0.3) is 0 Å². The first-order chi connectivity index (χ1) is 8.11. The van der Waals surface area contributed by atoms with Gasteiger partial charge in [-0.1, -0.05) is 0 Å². The summed E-state index contributed by atoms with van der Waals surface area (Å²) < 4.78 is 10.2. The van der Waals surface area contributed by atoms with Crippen LogP contribution in [-0.2, 0) is 23.9 Å². The van der Waals surface area contributed by atoms with E-state index >= 15 is 0 Å². The molecule has 0 atom stereocenters. The fraction of sp³-hybridized carbons (Fsp3) is 0.750. The normalized spacial score (nSPS) is 17.8. The van der Waals surface area contributed by atoms with E-state index in [4.69, 9.17) is 9.47 Å².